The van der Waals surface area contributed by atoms with Gasteiger partial charge in [-0.3, -0.25) is 9.10 Å². The average molecular weight is 499 g/mol. The van der Waals surface area contributed by atoms with Crippen molar-refractivity contribution in [2.24, 2.45) is 0 Å². The van der Waals surface area contributed by atoms with Gasteiger partial charge in [-0.25, -0.2) is 8.42 Å². The number of ether oxygens (including phenoxy) is 3. The van der Waals surface area contributed by atoms with Gasteiger partial charge in [-0.15, -0.1) is 0 Å². The van der Waals surface area contributed by atoms with Gasteiger partial charge >= 0.3 is 0 Å². The van der Waals surface area contributed by atoms with Crippen molar-refractivity contribution in [3.63, 3.8) is 0 Å². The summed E-state index contributed by atoms with van der Waals surface area (Å²) in [6, 6.07) is 18.5. The number of amides is 1. The van der Waals surface area contributed by atoms with Gasteiger partial charge in [-0.1, -0.05) is 35.9 Å². The van der Waals surface area contributed by atoms with Gasteiger partial charge in [0.25, 0.3) is 10.0 Å². The Morgan fingerprint density at radius 1 is 0.886 bits per heavy atom. The van der Waals surface area contributed by atoms with Crippen molar-refractivity contribution in [2.45, 2.75) is 18.7 Å². The third kappa shape index (κ3) is 6.45. The van der Waals surface area contributed by atoms with Crippen molar-refractivity contribution in [2.75, 3.05) is 38.2 Å². The highest BCUT2D eigenvalue weighted by molar-refractivity contribution is 7.92. The normalized spacial score (nSPS) is 11.0. The Morgan fingerprint density at radius 3 is 2.23 bits per heavy atom. The van der Waals surface area contributed by atoms with Gasteiger partial charge in [-0.2, -0.15) is 0 Å². The van der Waals surface area contributed by atoms with E-state index in [2.05, 4.69) is 5.32 Å². The highest BCUT2D eigenvalue weighted by atomic mass is 32.2. The molecule has 35 heavy (non-hydrogen) atoms. The lowest BCUT2D eigenvalue weighted by Gasteiger charge is -2.25. The van der Waals surface area contributed by atoms with Gasteiger partial charge in [0.2, 0.25) is 5.91 Å². The predicted molar refractivity (Wildman–Crippen MR) is 135 cm³/mol. The number of sulfonamides is 1. The van der Waals surface area contributed by atoms with Crippen LogP contribution in [0.15, 0.2) is 71.6 Å². The van der Waals surface area contributed by atoms with Crippen LogP contribution in [0.4, 0.5) is 5.69 Å². The molecule has 0 unspecified atom stereocenters. The summed E-state index contributed by atoms with van der Waals surface area (Å²) >= 11 is 0. The number of hydrogen-bond donors (Lipinski definition) is 1. The number of carbonyl (C=O) groups excluding carboxylic acids is 1. The molecule has 0 aromatic heterocycles. The van der Waals surface area contributed by atoms with E-state index in [1.807, 2.05) is 32.0 Å². The Kier molecular flexibility index (Phi) is 8.59. The van der Waals surface area contributed by atoms with Crippen molar-refractivity contribution in [3.8, 4) is 17.2 Å². The van der Waals surface area contributed by atoms with Crippen LogP contribution in [-0.4, -0.2) is 48.2 Å². The number of benzene rings is 3. The van der Waals surface area contributed by atoms with E-state index in [0.717, 1.165) is 21.2 Å². The van der Waals surface area contributed by atoms with Gasteiger partial charge in [0.15, 0.2) is 11.5 Å². The highest BCUT2D eigenvalue weighted by Crippen LogP contribution is 2.33. The first-order chi connectivity index (χ1) is 16.8. The number of methoxy groups -OCH3 is 2. The fourth-order valence-electron chi connectivity index (χ4n) is 3.51. The lowest BCUT2D eigenvalue weighted by atomic mass is 10.1. The molecule has 0 saturated carbocycles. The molecule has 0 atom stereocenters. The van der Waals surface area contributed by atoms with Crippen LogP contribution in [0.3, 0.4) is 0 Å². The standard InChI is InChI=1S/C26H30N2O6S/c1-19-10-12-23(20(2)16-19)34-15-14-27-26(29)18-28(35(30,31)22-8-6-5-7-9-22)21-11-13-24(32-3)25(17-21)33-4/h5-13,16-17H,14-15,18H2,1-4H3,(H,27,29). The van der Waals surface area contributed by atoms with Crippen LogP contribution in [0.1, 0.15) is 11.1 Å². The summed E-state index contributed by atoms with van der Waals surface area (Å²) in [5.74, 6) is 1.06. The Morgan fingerprint density at radius 2 is 1.57 bits per heavy atom. The fraction of sp³-hybridized carbons (Fsp3) is 0.269. The first-order valence-corrected chi connectivity index (χ1v) is 12.5. The molecule has 3 rings (SSSR count). The zero-order valence-corrected chi connectivity index (χ0v) is 21.1. The van der Waals surface area contributed by atoms with Crippen molar-refractivity contribution in [1.82, 2.24) is 5.32 Å². The van der Waals surface area contributed by atoms with Crippen molar-refractivity contribution in [1.29, 1.82) is 0 Å². The summed E-state index contributed by atoms with van der Waals surface area (Å²) < 4.78 is 44.3. The van der Waals surface area contributed by atoms with Gasteiger partial charge in [0.05, 0.1) is 31.3 Å². The Balaban J connectivity index is 1.76. The number of aryl methyl sites for hydroxylation is 2. The Hall–Kier alpha value is -3.72. The molecule has 9 heteroatoms. The summed E-state index contributed by atoms with van der Waals surface area (Å²) in [4.78, 5) is 12.8. The Labute approximate surface area is 206 Å². The third-order valence-electron chi connectivity index (χ3n) is 5.29. The molecule has 186 valence electrons. The average Bonchev–Trinajstić information content (AvgIpc) is 2.86. The lowest BCUT2D eigenvalue weighted by molar-refractivity contribution is -0.119. The topological polar surface area (TPSA) is 94.2 Å². The number of hydrogen-bond acceptors (Lipinski definition) is 6. The van der Waals surface area contributed by atoms with E-state index in [9.17, 15) is 13.2 Å². The van der Waals surface area contributed by atoms with Crippen molar-refractivity contribution in [3.05, 3.63) is 77.9 Å². The second-order valence-corrected chi connectivity index (χ2v) is 9.69. The molecular formula is C26H30N2O6S. The minimum absolute atomic E-state index is 0.0702. The van der Waals surface area contributed by atoms with E-state index in [1.54, 1.807) is 30.3 Å². The van der Waals surface area contributed by atoms with E-state index >= 15 is 0 Å². The molecule has 0 bridgehead atoms. The second-order valence-electron chi connectivity index (χ2n) is 7.83. The first kappa shape index (κ1) is 25.9. The van der Waals surface area contributed by atoms with E-state index in [-0.39, 0.29) is 23.7 Å². The maximum Gasteiger partial charge on any atom is 0.264 e. The molecule has 0 heterocycles. The summed E-state index contributed by atoms with van der Waals surface area (Å²) in [5.41, 5.74) is 2.41. The number of rotatable bonds is 11. The van der Waals surface area contributed by atoms with Crippen LogP contribution in [-0.2, 0) is 14.8 Å². The van der Waals surface area contributed by atoms with Crippen LogP contribution in [0.2, 0.25) is 0 Å². The van der Waals surface area contributed by atoms with Gasteiger partial charge in [0, 0.05) is 6.07 Å². The number of nitrogens with zero attached hydrogens (tertiary/aromatic N) is 1. The molecule has 3 aromatic carbocycles. The van der Waals surface area contributed by atoms with Crippen LogP contribution in [0.5, 0.6) is 17.2 Å². The maximum absolute atomic E-state index is 13.5. The van der Waals surface area contributed by atoms with Gasteiger partial charge in [0.1, 0.15) is 18.9 Å². The zero-order valence-electron chi connectivity index (χ0n) is 20.3. The van der Waals surface area contributed by atoms with Gasteiger partial charge < -0.3 is 19.5 Å². The van der Waals surface area contributed by atoms with Crippen LogP contribution >= 0.6 is 0 Å². The van der Waals surface area contributed by atoms with Crippen LogP contribution < -0.4 is 23.8 Å². The first-order valence-electron chi connectivity index (χ1n) is 11.0. The molecule has 0 aliphatic rings. The van der Waals surface area contributed by atoms with Crippen LogP contribution in [0.25, 0.3) is 0 Å². The molecule has 0 radical (unpaired) electrons. The molecular weight excluding hydrogens is 468 g/mol. The molecule has 1 amide bonds. The summed E-state index contributed by atoms with van der Waals surface area (Å²) in [7, 11) is -1.08. The highest BCUT2D eigenvalue weighted by Gasteiger charge is 2.28. The van der Waals surface area contributed by atoms with Gasteiger partial charge in [-0.05, 0) is 49.7 Å². The second kappa shape index (κ2) is 11.6. The summed E-state index contributed by atoms with van der Waals surface area (Å²) in [5, 5.41) is 2.73. The molecule has 0 aliphatic heterocycles. The molecule has 8 nitrogen and oxygen atoms in total. The monoisotopic (exact) mass is 498 g/mol. The fourth-order valence-corrected chi connectivity index (χ4v) is 4.95. The molecule has 0 fully saturated rings. The van der Waals surface area contributed by atoms with E-state index in [1.165, 1.54) is 32.4 Å². The van der Waals surface area contributed by atoms with E-state index < -0.39 is 22.5 Å². The quantitative estimate of drug-likeness (QED) is 0.405. The van der Waals surface area contributed by atoms with E-state index in [0.29, 0.717) is 11.5 Å². The largest absolute Gasteiger partial charge is 0.493 e. The summed E-state index contributed by atoms with van der Waals surface area (Å²) in [6.07, 6.45) is 0. The van der Waals surface area contributed by atoms with Crippen LogP contribution in [0, 0.1) is 13.8 Å². The zero-order chi connectivity index (χ0) is 25.4. The lowest BCUT2D eigenvalue weighted by Crippen LogP contribution is -2.42. The minimum Gasteiger partial charge on any atom is -0.493 e. The third-order valence-corrected chi connectivity index (χ3v) is 7.07. The number of carbonyl (C=O) groups is 1. The maximum atomic E-state index is 13.5. The molecule has 0 aliphatic carbocycles. The number of anilines is 1. The van der Waals surface area contributed by atoms with Crippen molar-refractivity contribution < 1.29 is 27.4 Å². The van der Waals surface area contributed by atoms with Crippen molar-refractivity contribution >= 4 is 21.6 Å². The molecule has 3 aromatic rings. The molecule has 1 N–H and O–H groups in total. The summed E-state index contributed by atoms with van der Waals surface area (Å²) in [6.45, 7) is 4.01. The minimum atomic E-state index is -4.03. The SMILES string of the molecule is COc1ccc(N(CC(=O)NCCOc2ccc(C)cc2C)S(=O)(=O)c2ccccc2)cc1OC. The van der Waals surface area contributed by atoms with E-state index in [4.69, 9.17) is 14.2 Å². The predicted octanol–water partition coefficient (Wildman–Crippen LogP) is 3.71. The smallest absolute Gasteiger partial charge is 0.264 e. The Bertz CT molecular complexity index is 1260. The number of nitrogens with one attached hydrogen (secondary N) is 1. The molecule has 0 saturated heterocycles. The molecule has 0 spiro atoms.